The minimum atomic E-state index is -0.533. The molecule has 0 unspecified atom stereocenters. The van der Waals surface area contributed by atoms with E-state index in [4.69, 9.17) is 14.2 Å². The van der Waals surface area contributed by atoms with Crippen LogP contribution in [0.2, 0.25) is 0 Å². The summed E-state index contributed by atoms with van der Waals surface area (Å²) in [7, 11) is 1.52. The fourth-order valence-electron chi connectivity index (χ4n) is 2.90. The van der Waals surface area contributed by atoms with Crippen LogP contribution in [0.15, 0.2) is 36.4 Å². The second-order valence-corrected chi connectivity index (χ2v) is 6.66. The number of hydrogen-bond acceptors (Lipinski definition) is 6. The Kier molecular flexibility index (Phi) is 6.43. The van der Waals surface area contributed by atoms with Gasteiger partial charge in [0.2, 0.25) is 11.8 Å². The van der Waals surface area contributed by atoms with Crippen LogP contribution in [0.25, 0.3) is 0 Å². The third kappa shape index (κ3) is 5.31. The molecule has 1 aliphatic rings. The van der Waals surface area contributed by atoms with Gasteiger partial charge in [0.05, 0.1) is 26.0 Å². The maximum absolute atomic E-state index is 12.7. The van der Waals surface area contributed by atoms with E-state index >= 15 is 0 Å². The highest BCUT2D eigenvalue weighted by Crippen LogP contribution is 2.33. The number of benzene rings is 2. The number of hydrogen-bond donors (Lipinski definition) is 3. The maximum Gasteiger partial charge on any atom is 0.246 e. The zero-order valence-electron chi connectivity index (χ0n) is 16.7. The number of rotatable bonds is 6. The molecule has 0 saturated heterocycles. The van der Waals surface area contributed by atoms with Crippen molar-refractivity contribution < 1.29 is 23.8 Å². The molecule has 1 aliphatic heterocycles. The lowest BCUT2D eigenvalue weighted by atomic mass is 10.2. The molecule has 0 spiro atoms. The third-order valence-electron chi connectivity index (χ3n) is 4.30. The second kappa shape index (κ2) is 9.18. The second-order valence-electron chi connectivity index (χ2n) is 6.66. The van der Waals surface area contributed by atoms with E-state index in [1.54, 1.807) is 25.1 Å². The molecule has 0 bridgehead atoms. The van der Waals surface area contributed by atoms with Crippen molar-refractivity contribution in [2.24, 2.45) is 0 Å². The van der Waals surface area contributed by atoms with E-state index in [1.807, 2.05) is 18.2 Å². The molecular weight excluding hydrogens is 374 g/mol. The van der Waals surface area contributed by atoms with Gasteiger partial charge in [-0.05, 0) is 37.3 Å². The van der Waals surface area contributed by atoms with Crippen LogP contribution in [-0.2, 0) is 9.59 Å². The molecule has 8 heteroatoms. The third-order valence-corrected chi connectivity index (χ3v) is 4.30. The molecule has 3 rings (SSSR count). The molecule has 0 radical (unpaired) electrons. The first-order chi connectivity index (χ1) is 14.0. The Morgan fingerprint density at radius 1 is 1.00 bits per heavy atom. The van der Waals surface area contributed by atoms with Crippen LogP contribution in [-0.4, -0.2) is 38.2 Å². The van der Waals surface area contributed by atoms with Crippen molar-refractivity contribution in [3.63, 3.8) is 0 Å². The van der Waals surface area contributed by atoms with Crippen LogP contribution in [0.5, 0.6) is 17.2 Å². The Balaban J connectivity index is 1.69. The van der Waals surface area contributed by atoms with Gasteiger partial charge >= 0.3 is 0 Å². The van der Waals surface area contributed by atoms with E-state index in [0.717, 1.165) is 12.1 Å². The summed E-state index contributed by atoms with van der Waals surface area (Å²) in [6.45, 7) is 4.39. The zero-order chi connectivity index (χ0) is 20.8. The van der Waals surface area contributed by atoms with Gasteiger partial charge in [0.15, 0.2) is 11.5 Å². The summed E-state index contributed by atoms with van der Waals surface area (Å²) in [6, 6.07) is 10.00. The van der Waals surface area contributed by atoms with Crippen molar-refractivity contribution >= 4 is 28.9 Å². The summed E-state index contributed by atoms with van der Waals surface area (Å²) in [5.41, 5.74) is 1.78. The lowest BCUT2D eigenvalue weighted by Gasteiger charge is -2.18. The normalized spacial score (nSPS) is 13.6. The fraction of sp³-hybridized carbons (Fsp3) is 0.333. The molecule has 3 N–H and O–H groups in total. The number of methoxy groups -OCH3 is 1. The molecule has 8 nitrogen and oxygen atoms in total. The van der Waals surface area contributed by atoms with Crippen molar-refractivity contribution in [3.05, 3.63) is 36.4 Å². The van der Waals surface area contributed by atoms with Gasteiger partial charge in [-0.25, -0.2) is 0 Å². The molecule has 0 fully saturated rings. The molecule has 2 aromatic carbocycles. The summed E-state index contributed by atoms with van der Waals surface area (Å²) in [4.78, 5) is 24.0. The minimum Gasteiger partial charge on any atom is -0.495 e. The molecule has 2 aromatic rings. The summed E-state index contributed by atoms with van der Waals surface area (Å²) in [5, 5.41) is 8.68. The summed E-state index contributed by atoms with van der Waals surface area (Å²) in [5.74, 6) is 1.40. The van der Waals surface area contributed by atoms with Gasteiger partial charge in [0.1, 0.15) is 11.8 Å². The van der Waals surface area contributed by atoms with Gasteiger partial charge in [-0.3, -0.25) is 9.59 Å². The summed E-state index contributed by atoms with van der Waals surface area (Å²) >= 11 is 0. The Morgan fingerprint density at radius 2 is 1.72 bits per heavy atom. The van der Waals surface area contributed by atoms with Crippen molar-refractivity contribution in [1.82, 2.24) is 0 Å². The Morgan fingerprint density at radius 3 is 2.45 bits per heavy atom. The predicted octanol–water partition coefficient (Wildman–Crippen LogP) is 3.25. The highest BCUT2D eigenvalue weighted by atomic mass is 16.5. The largest absolute Gasteiger partial charge is 0.495 e. The maximum atomic E-state index is 12.7. The van der Waals surface area contributed by atoms with Gasteiger partial charge in [-0.15, -0.1) is 0 Å². The monoisotopic (exact) mass is 399 g/mol. The van der Waals surface area contributed by atoms with Crippen molar-refractivity contribution in [1.29, 1.82) is 0 Å². The number of anilines is 3. The van der Waals surface area contributed by atoms with E-state index in [9.17, 15) is 9.59 Å². The van der Waals surface area contributed by atoms with Gasteiger partial charge in [-0.1, -0.05) is 0 Å². The molecule has 1 heterocycles. The number of amides is 2. The lowest BCUT2D eigenvalue weighted by molar-refractivity contribution is -0.116. The average Bonchev–Trinajstić information content (AvgIpc) is 2.92. The van der Waals surface area contributed by atoms with Crippen LogP contribution in [0.1, 0.15) is 20.3 Å². The predicted molar refractivity (Wildman–Crippen MR) is 111 cm³/mol. The fourth-order valence-corrected chi connectivity index (χ4v) is 2.90. The smallest absolute Gasteiger partial charge is 0.246 e. The molecule has 1 atom stereocenters. The Labute approximate surface area is 169 Å². The summed E-state index contributed by atoms with van der Waals surface area (Å²) < 4.78 is 16.6. The quantitative estimate of drug-likeness (QED) is 0.690. The summed E-state index contributed by atoms with van der Waals surface area (Å²) in [6.07, 6.45) is 0.829. The van der Waals surface area contributed by atoms with Crippen LogP contribution in [0.3, 0.4) is 0 Å². The minimum absolute atomic E-state index is 0.197. The number of carbonyl (C=O) groups is 2. The number of carbonyl (C=O) groups excluding carboxylic acids is 2. The number of fused-ring (bicyclic) bond motifs is 1. The van der Waals surface area contributed by atoms with Crippen molar-refractivity contribution in [2.75, 3.05) is 36.3 Å². The zero-order valence-corrected chi connectivity index (χ0v) is 16.7. The van der Waals surface area contributed by atoms with Gasteiger partial charge in [0.25, 0.3) is 0 Å². The first-order valence-corrected chi connectivity index (χ1v) is 9.39. The Bertz CT molecular complexity index is 900. The molecular formula is C21H25N3O5. The molecule has 2 amide bonds. The van der Waals surface area contributed by atoms with Crippen molar-refractivity contribution in [2.45, 2.75) is 26.3 Å². The van der Waals surface area contributed by atoms with E-state index in [2.05, 4.69) is 16.0 Å². The molecule has 0 aromatic heterocycles. The molecule has 0 saturated carbocycles. The SMILES string of the molecule is COc1ccc(NC(C)=O)cc1NC(=O)[C@@H](C)Nc1ccc2c(c1)OCCCO2. The van der Waals surface area contributed by atoms with Gasteiger partial charge in [-0.2, -0.15) is 0 Å². The van der Waals surface area contributed by atoms with Crippen molar-refractivity contribution in [3.8, 4) is 17.2 Å². The first kappa shape index (κ1) is 20.3. The van der Waals surface area contributed by atoms with Crippen LogP contribution >= 0.6 is 0 Å². The van der Waals surface area contributed by atoms with Crippen LogP contribution in [0, 0.1) is 0 Å². The van der Waals surface area contributed by atoms with E-state index < -0.39 is 6.04 Å². The van der Waals surface area contributed by atoms with E-state index in [-0.39, 0.29) is 11.8 Å². The van der Waals surface area contributed by atoms with E-state index in [1.165, 1.54) is 14.0 Å². The van der Waals surface area contributed by atoms with Gasteiger partial charge < -0.3 is 30.2 Å². The first-order valence-electron chi connectivity index (χ1n) is 9.39. The molecule has 29 heavy (non-hydrogen) atoms. The Hall–Kier alpha value is -3.42. The highest BCUT2D eigenvalue weighted by molar-refractivity contribution is 5.98. The average molecular weight is 399 g/mol. The number of ether oxygens (including phenoxy) is 3. The van der Waals surface area contributed by atoms with E-state index in [0.29, 0.717) is 41.8 Å². The standard InChI is InChI=1S/C21H25N3O5/c1-13(22-16-6-8-19-20(12-16)29-10-4-9-28-19)21(26)24-17-11-15(23-14(2)25)5-7-18(17)27-3/h5-8,11-13,22H,4,9-10H2,1-3H3,(H,23,25)(H,24,26)/t13-/m1/s1. The lowest BCUT2D eigenvalue weighted by Crippen LogP contribution is -2.32. The van der Waals surface area contributed by atoms with Crippen LogP contribution in [0.4, 0.5) is 17.1 Å². The van der Waals surface area contributed by atoms with Crippen LogP contribution < -0.4 is 30.2 Å². The van der Waals surface area contributed by atoms with Gasteiger partial charge in [0, 0.05) is 30.8 Å². The highest BCUT2D eigenvalue weighted by Gasteiger charge is 2.17. The topological polar surface area (TPSA) is 97.9 Å². The number of nitrogens with one attached hydrogen (secondary N) is 3. The molecule has 154 valence electrons. The molecule has 0 aliphatic carbocycles.